The van der Waals surface area contributed by atoms with Crippen LogP contribution in [0.1, 0.15) is 86.1 Å². The molecule has 1 aromatic carbocycles. The van der Waals surface area contributed by atoms with Gasteiger partial charge in [-0.05, 0) is 57.1 Å². The molecule has 0 aromatic heterocycles. The number of methoxy groups -OCH3 is 1. The van der Waals surface area contributed by atoms with E-state index in [4.69, 9.17) is 14.2 Å². The fourth-order valence-corrected chi connectivity index (χ4v) is 5.18. The van der Waals surface area contributed by atoms with Crippen LogP contribution in [0.3, 0.4) is 0 Å². The molecule has 2 rings (SSSR count). The Kier molecular flexibility index (Phi) is 13.7. The Balaban J connectivity index is 2.18. The fraction of sp³-hybridized carbons (Fsp3) is 0.719. The maximum Gasteiger partial charge on any atom is 0.407 e. The van der Waals surface area contributed by atoms with E-state index in [-0.39, 0.29) is 37.6 Å². The van der Waals surface area contributed by atoms with E-state index in [0.29, 0.717) is 25.9 Å². The molecular formula is C32H53N3O7. The van der Waals surface area contributed by atoms with Crippen molar-refractivity contribution in [3.8, 4) is 0 Å². The first kappa shape index (κ1) is 35.5. The third-order valence-electron chi connectivity index (χ3n) is 7.28. The molecule has 10 nitrogen and oxygen atoms in total. The van der Waals surface area contributed by atoms with E-state index in [0.717, 1.165) is 24.1 Å². The lowest BCUT2D eigenvalue weighted by molar-refractivity contribution is -0.125. The number of hydrogen-bond acceptors (Lipinski definition) is 7. The standard InChI is InChI=1S/C32H53N3O7/c1-9-10-15-33-29(38)22(2)16-27(36)25(34-30(39)42-31(3,4)5)18-32(6,7)19-28(37)35-20-24(41-21-40-8)17-23-13-11-12-14-26(23)35/h11-14,22,24-25,27,36H,9-10,15-21H2,1-8H3,(H,33,38)(H,34,39)/t22-,24?,25+,27+/m1/s1. The van der Waals surface area contributed by atoms with Crippen LogP contribution >= 0.6 is 0 Å². The van der Waals surface area contributed by atoms with Crippen molar-refractivity contribution in [2.45, 2.75) is 111 Å². The lowest BCUT2D eigenvalue weighted by atomic mass is 9.79. The zero-order valence-corrected chi connectivity index (χ0v) is 26.8. The molecule has 0 bridgehead atoms. The number of carbonyl (C=O) groups is 3. The highest BCUT2D eigenvalue weighted by Gasteiger charge is 2.36. The lowest BCUT2D eigenvalue weighted by Gasteiger charge is -2.38. The van der Waals surface area contributed by atoms with Crippen LogP contribution in [0.4, 0.5) is 10.5 Å². The van der Waals surface area contributed by atoms with E-state index in [1.807, 2.05) is 38.1 Å². The molecule has 1 heterocycles. The molecule has 0 spiro atoms. The number of unbranched alkanes of at least 4 members (excludes halogenated alkanes) is 1. The normalized spacial score (nSPS) is 17.5. The minimum Gasteiger partial charge on any atom is -0.444 e. The second kappa shape index (κ2) is 16.2. The number of alkyl carbamates (subject to hydrolysis) is 1. The van der Waals surface area contributed by atoms with Gasteiger partial charge in [-0.3, -0.25) is 9.59 Å². The first-order valence-electron chi connectivity index (χ1n) is 15.1. The van der Waals surface area contributed by atoms with Gasteiger partial charge in [-0.25, -0.2) is 4.79 Å². The largest absolute Gasteiger partial charge is 0.444 e. The number of amides is 3. The minimum absolute atomic E-state index is 0.0765. The van der Waals surface area contributed by atoms with Crippen LogP contribution in [0.15, 0.2) is 24.3 Å². The van der Waals surface area contributed by atoms with Gasteiger partial charge >= 0.3 is 6.09 Å². The van der Waals surface area contributed by atoms with Gasteiger partial charge in [-0.1, -0.05) is 52.3 Å². The minimum atomic E-state index is -1.03. The third-order valence-corrected chi connectivity index (χ3v) is 7.28. The summed E-state index contributed by atoms with van der Waals surface area (Å²) < 4.78 is 16.4. The highest BCUT2D eigenvalue weighted by atomic mass is 16.7. The number of fused-ring (bicyclic) bond motifs is 1. The molecule has 0 radical (unpaired) electrons. The number of nitrogens with zero attached hydrogens (tertiary/aromatic N) is 1. The number of nitrogens with one attached hydrogen (secondary N) is 2. The number of para-hydroxylation sites is 1. The van der Waals surface area contributed by atoms with E-state index >= 15 is 0 Å². The second-order valence-electron chi connectivity index (χ2n) is 13.2. The van der Waals surface area contributed by atoms with Crippen molar-refractivity contribution in [2.24, 2.45) is 11.3 Å². The average Bonchev–Trinajstić information content (AvgIpc) is 2.89. The zero-order chi connectivity index (χ0) is 31.5. The smallest absolute Gasteiger partial charge is 0.407 e. The topological polar surface area (TPSA) is 126 Å². The molecule has 10 heteroatoms. The number of hydrogen-bond donors (Lipinski definition) is 3. The van der Waals surface area contributed by atoms with Crippen LogP contribution in [0.2, 0.25) is 0 Å². The van der Waals surface area contributed by atoms with Crippen molar-refractivity contribution in [3.05, 3.63) is 29.8 Å². The Hall–Kier alpha value is -2.69. The molecule has 0 fully saturated rings. The number of anilines is 1. The maximum absolute atomic E-state index is 13.8. The van der Waals surface area contributed by atoms with Crippen LogP contribution in [0, 0.1) is 11.3 Å². The summed E-state index contributed by atoms with van der Waals surface area (Å²) in [5.74, 6) is -0.673. The predicted molar refractivity (Wildman–Crippen MR) is 163 cm³/mol. The SMILES string of the molecule is CCCCNC(=O)[C@H](C)C[C@H](O)[C@H](CC(C)(C)CC(=O)N1CC(OCOC)Cc2ccccc21)NC(=O)OC(C)(C)C. The summed E-state index contributed by atoms with van der Waals surface area (Å²) in [5.41, 5.74) is 0.560. The van der Waals surface area contributed by atoms with Crippen molar-refractivity contribution in [1.82, 2.24) is 10.6 Å². The van der Waals surface area contributed by atoms with Gasteiger partial charge in [0.25, 0.3) is 0 Å². The molecule has 3 N–H and O–H groups in total. The van der Waals surface area contributed by atoms with Crippen LogP contribution in [-0.2, 0) is 30.2 Å². The Labute approximate surface area is 251 Å². The average molecular weight is 592 g/mol. The van der Waals surface area contributed by atoms with Crippen molar-refractivity contribution < 1.29 is 33.7 Å². The molecule has 4 atom stereocenters. The van der Waals surface area contributed by atoms with Crippen molar-refractivity contribution in [2.75, 3.05) is 31.9 Å². The number of aliphatic hydroxyl groups excluding tert-OH is 1. The summed E-state index contributed by atoms with van der Waals surface area (Å²) in [4.78, 5) is 40.9. The summed E-state index contributed by atoms with van der Waals surface area (Å²) >= 11 is 0. The number of aliphatic hydroxyl groups is 1. The van der Waals surface area contributed by atoms with Crippen molar-refractivity contribution in [1.29, 1.82) is 0 Å². The first-order chi connectivity index (χ1) is 19.7. The van der Waals surface area contributed by atoms with Gasteiger partial charge in [0.2, 0.25) is 11.8 Å². The van der Waals surface area contributed by atoms with Gasteiger partial charge in [0.1, 0.15) is 12.4 Å². The number of benzene rings is 1. The molecule has 1 aliphatic heterocycles. The highest BCUT2D eigenvalue weighted by Crippen LogP contribution is 2.34. The van der Waals surface area contributed by atoms with E-state index in [1.165, 1.54) is 0 Å². The molecule has 1 aromatic rings. The summed E-state index contributed by atoms with van der Waals surface area (Å²) in [6.45, 7) is 14.1. The summed E-state index contributed by atoms with van der Waals surface area (Å²) in [7, 11) is 1.57. The summed E-state index contributed by atoms with van der Waals surface area (Å²) in [6, 6.07) is 7.07. The molecule has 1 unspecified atom stereocenters. The molecule has 0 saturated carbocycles. The van der Waals surface area contributed by atoms with Gasteiger partial charge in [0.05, 0.1) is 24.8 Å². The zero-order valence-electron chi connectivity index (χ0n) is 26.8. The van der Waals surface area contributed by atoms with E-state index in [2.05, 4.69) is 17.6 Å². The van der Waals surface area contributed by atoms with Gasteiger partial charge in [0, 0.05) is 38.1 Å². The molecule has 42 heavy (non-hydrogen) atoms. The first-order valence-corrected chi connectivity index (χ1v) is 15.1. The third kappa shape index (κ3) is 11.9. The van der Waals surface area contributed by atoms with E-state index in [1.54, 1.807) is 39.7 Å². The quantitative estimate of drug-likeness (QED) is 0.202. The molecule has 1 aliphatic rings. The number of carbonyl (C=O) groups excluding carboxylic acids is 3. The van der Waals surface area contributed by atoms with Crippen LogP contribution in [0.5, 0.6) is 0 Å². The summed E-state index contributed by atoms with van der Waals surface area (Å²) in [5, 5.41) is 17.0. The van der Waals surface area contributed by atoms with E-state index in [9.17, 15) is 19.5 Å². The molecular weight excluding hydrogens is 538 g/mol. The summed E-state index contributed by atoms with van der Waals surface area (Å²) in [6.07, 6.45) is 1.28. The van der Waals surface area contributed by atoms with Gasteiger partial charge in [-0.2, -0.15) is 0 Å². The number of rotatable bonds is 15. The maximum atomic E-state index is 13.8. The van der Waals surface area contributed by atoms with Crippen molar-refractivity contribution >= 4 is 23.6 Å². The predicted octanol–water partition coefficient (Wildman–Crippen LogP) is 4.57. The van der Waals surface area contributed by atoms with Crippen molar-refractivity contribution in [3.63, 3.8) is 0 Å². The molecule has 3 amide bonds. The molecule has 238 valence electrons. The fourth-order valence-electron chi connectivity index (χ4n) is 5.18. The Morgan fingerprint density at radius 3 is 2.48 bits per heavy atom. The Morgan fingerprint density at radius 2 is 1.83 bits per heavy atom. The van der Waals surface area contributed by atoms with E-state index < -0.39 is 35.2 Å². The number of ether oxygens (including phenoxy) is 3. The van der Waals surface area contributed by atoms with Gasteiger partial charge in [-0.15, -0.1) is 0 Å². The Morgan fingerprint density at radius 1 is 1.14 bits per heavy atom. The molecule has 0 saturated heterocycles. The lowest BCUT2D eigenvalue weighted by Crippen LogP contribution is -2.49. The van der Waals surface area contributed by atoms with Crippen LogP contribution < -0.4 is 15.5 Å². The van der Waals surface area contributed by atoms with Gasteiger partial charge < -0.3 is 34.9 Å². The van der Waals surface area contributed by atoms with Gasteiger partial charge in [0.15, 0.2) is 0 Å². The monoisotopic (exact) mass is 591 g/mol. The second-order valence-corrected chi connectivity index (χ2v) is 13.2. The Bertz CT molecular complexity index is 1020. The highest BCUT2D eigenvalue weighted by molar-refractivity contribution is 5.95. The molecule has 0 aliphatic carbocycles. The van der Waals surface area contributed by atoms with Crippen LogP contribution in [0.25, 0.3) is 0 Å². The van der Waals surface area contributed by atoms with Crippen LogP contribution in [-0.4, -0.2) is 73.9 Å².